The first kappa shape index (κ1) is 13.2. The Morgan fingerprint density at radius 3 is 2.71 bits per heavy atom. The van der Waals surface area contributed by atoms with Gasteiger partial charge in [0.2, 0.25) is 0 Å². The summed E-state index contributed by atoms with van der Waals surface area (Å²) in [6.45, 7) is -1.46. The Morgan fingerprint density at radius 2 is 2.18 bits per heavy atom. The lowest BCUT2D eigenvalue weighted by Gasteiger charge is -2.15. The van der Waals surface area contributed by atoms with E-state index in [4.69, 9.17) is 5.73 Å². The average molecular weight is 251 g/mol. The lowest BCUT2D eigenvalue weighted by atomic mass is 10.2. The van der Waals surface area contributed by atoms with Crippen molar-refractivity contribution in [2.75, 3.05) is 12.3 Å². The van der Waals surface area contributed by atoms with Gasteiger partial charge in [-0.2, -0.15) is 8.78 Å². The van der Waals surface area contributed by atoms with Gasteiger partial charge in [-0.05, 0) is 6.07 Å². The zero-order valence-electron chi connectivity index (χ0n) is 8.46. The number of alkyl halides is 4. The molecule has 4 nitrogen and oxygen atoms in total. The number of carbonyl (C=O) groups is 1. The fourth-order valence-corrected chi connectivity index (χ4v) is 0.965. The van der Waals surface area contributed by atoms with Crippen LogP contribution in [0, 0.1) is 0 Å². The van der Waals surface area contributed by atoms with Gasteiger partial charge in [0, 0.05) is 18.1 Å². The quantitative estimate of drug-likeness (QED) is 0.792. The fourth-order valence-electron chi connectivity index (χ4n) is 0.965. The number of carbonyl (C=O) groups excluding carboxylic acids is 1. The second-order valence-corrected chi connectivity index (χ2v) is 3.21. The number of anilines is 1. The minimum Gasteiger partial charge on any atom is -0.398 e. The van der Waals surface area contributed by atoms with E-state index in [1.807, 2.05) is 0 Å². The second kappa shape index (κ2) is 4.98. The van der Waals surface area contributed by atoms with Crippen LogP contribution in [0.4, 0.5) is 23.2 Å². The average Bonchev–Trinajstić information content (AvgIpc) is 2.26. The van der Waals surface area contributed by atoms with Crippen LogP contribution in [-0.2, 0) is 0 Å². The molecule has 0 saturated carbocycles. The van der Waals surface area contributed by atoms with E-state index >= 15 is 0 Å². The predicted octanol–water partition coefficient (Wildman–Crippen LogP) is 1.29. The number of nitrogens with two attached hydrogens (primary N) is 1. The third-order valence-electron chi connectivity index (χ3n) is 1.90. The number of nitrogens with one attached hydrogen (secondary N) is 1. The summed E-state index contributed by atoms with van der Waals surface area (Å²) < 4.78 is 48.6. The summed E-state index contributed by atoms with van der Waals surface area (Å²) in [5.74, 6) is -5.25. The number of halogens is 4. The highest BCUT2D eigenvalue weighted by molar-refractivity contribution is 5.98. The molecule has 94 valence electrons. The highest BCUT2D eigenvalue weighted by Crippen LogP contribution is 2.21. The van der Waals surface area contributed by atoms with E-state index in [1.165, 1.54) is 12.3 Å². The lowest BCUT2D eigenvalue weighted by Crippen LogP contribution is -2.41. The monoisotopic (exact) mass is 251 g/mol. The summed E-state index contributed by atoms with van der Waals surface area (Å²) in [6.07, 6.45) is -1.47. The van der Waals surface area contributed by atoms with Crippen LogP contribution in [0.1, 0.15) is 10.4 Å². The maximum atomic E-state index is 12.5. The molecule has 1 heterocycles. The van der Waals surface area contributed by atoms with Crippen LogP contribution in [0.3, 0.4) is 0 Å². The van der Waals surface area contributed by atoms with Crippen molar-refractivity contribution >= 4 is 11.6 Å². The summed E-state index contributed by atoms with van der Waals surface area (Å²) in [5.41, 5.74) is 5.27. The topological polar surface area (TPSA) is 68.0 Å². The molecule has 1 aromatic heterocycles. The molecule has 0 radical (unpaired) electrons. The van der Waals surface area contributed by atoms with E-state index in [0.717, 1.165) is 6.20 Å². The van der Waals surface area contributed by atoms with Crippen molar-refractivity contribution in [1.29, 1.82) is 0 Å². The molecule has 0 unspecified atom stereocenters. The van der Waals surface area contributed by atoms with Gasteiger partial charge in [0.15, 0.2) is 0 Å². The van der Waals surface area contributed by atoms with Crippen molar-refractivity contribution in [3.8, 4) is 0 Å². The molecule has 17 heavy (non-hydrogen) atoms. The molecule has 0 atom stereocenters. The molecule has 1 rings (SSSR count). The van der Waals surface area contributed by atoms with E-state index in [9.17, 15) is 22.4 Å². The molecule has 0 bridgehead atoms. The SMILES string of the molecule is Nc1ccncc1C(=O)NCC(F)(F)C(F)F. The van der Waals surface area contributed by atoms with Crippen molar-refractivity contribution in [2.24, 2.45) is 0 Å². The maximum absolute atomic E-state index is 12.5. The van der Waals surface area contributed by atoms with Crippen LogP contribution in [0.2, 0.25) is 0 Å². The number of hydrogen-bond acceptors (Lipinski definition) is 3. The van der Waals surface area contributed by atoms with Crippen LogP contribution < -0.4 is 11.1 Å². The molecule has 1 amide bonds. The van der Waals surface area contributed by atoms with Crippen molar-refractivity contribution < 1.29 is 22.4 Å². The van der Waals surface area contributed by atoms with E-state index in [2.05, 4.69) is 4.98 Å². The minimum atomic E-state index is -4.27. The van der Waals surface area contributed by atoms with Gasteiger partial charge >= 0.3 is 12.3 Å². The van der Waals surface area contributed by atoms with Crippen LogP contribution in [0.5, 0.6) is 0 Å². The third kappa shape index (κ3) is 3.30. The first-order valence-corrected chi connectivity index (χ1v) is 4.48. The summed E-state index contributed by atoms with van der Waals surface area (Å²) in [6, 6.07) is 1.29. The molecule has 0 saturated heterocycles. The number of nitrogens with zero attached hydrogens (tertiary/aromatic N) is 1. The van der Waals surface area contributed by atoms with E-state index in [0.29, 0.717) is 0 Å². The van der Waals surface area contributed by atoms with E-state index < -0.39 is 24.8 Å². The Kier molecular flexibility index (Phi) is 3.87. The molecule has 0 spiro atoms. The number of amides is 1. The van der Waals surface area contributed by atoms with Crippen LogP contribution >= 0.6 is 0 Å². The van der Waals surface area contributed by atoms with Crippen LogP contribution in [-0.4, -0.2) is 29.8 Å². The molecule has 0 aromatic carbocycles. The molecule has 3 N–H and O–H groups in total. The number of nitrogen functional groups attached to an aromatic ring is 1. The van der Waals surface area contributed by atoms with Gasteiger partial charge < -0.3 is 11.1 Å². The van der Waals surface area contributed by atoms with Crippen LogP contribution in [0.25, 0.3) is 0 Å². The molecule has 0 aliphatic carbocycles. The summed E-state index contributed by atoms with van der Waals surface area (Å²) in [4.78, 5) is 14.9. The first-order valence-electron chi connectivity index (χ1n) is 4.48. The Hall–Kier alpha value is -1.86. The smallest absolute Gasteiger partial charge is 0.324 e. The Bertz CT molecular complexity index is 411. The Balaban J connectivity index is 2.66. The molecular formula is C9H9F4N3O. The zero-order chi connectivity index (χ0) is 13.1. The summed E-state index contributed by atoms with van der Waals surface area (Å²) in [5, 5.41) is 1.67. The van der Waals surface area contributed by atoms with Gasteiger partial charge in [-0.25, -0.2) is 8.78 Å². The first-order chi connectivity index (χ1) is 7.84. The van der Waals surface area contributed by atoms with Gasteiger partial charge in [-0.1, -0.05) is 0 Å². The van der Waals surface area contributed by atoms with Crippen molar-refractivity contribution in [2.45, 2.75) is 12.3 Å². The van der Waals surface area contributed by atoms with Gasteiger partial charge in [0.1, 0.15) is 0 Å². The molecule has 0 fully saturated rings. The predicted molar refractivity (Wildman–Crippen MR) is 51.9 cm³/mol. The summed E-state index contributed by atoms with van der Waals surface area (Å²) >= 11 is 0. The number of pyridine rings is 1. The Labute approximate surface area is 93.8 Å². The lowest BCUT2D eigenvalue weighted by molar-refractivity contribution is -0.123. The fraction of sp³-hybridized carbons (Fsp3) is 0.333. The van der Waals surface area contributed by atoms with Crippen molar-refractivity contribution in [3.05, 3.63) is 24.0 Å². The summed E-state index contributed by atoms with van der Waals surface area (Å²) in [7, 11) is 0. The highest BCUT2D eigenvalue weighted by Gasteiger charge is 2.40. The van der Waals surface area contributed by atoms with Gasteiger partial charge in [0.25, 0.3) is 5.91 Å². The van der Waals surface area contributed by atoms with Crippen molar-refractivity contribution in [1.82, 2.24) is 10.3 Å². The number of rotatable bonds is 4. The third-order valence-corrected chi connectivity index (χ3v) is 1.90. The normalized spacial score (nSPS) is 11.6. The molecule has 0 aliphatic rings. The van der Waals surface area contributed by atoms with Gasteiger partial charge in [-0.15, -0.1) is 0 Å². The van der Waals surface area contributed by atoms with Crippen LogP contribution in [0.15, 0.2) is 18.5 Å². The molecule has 8 heteroatoms. The highest BCUT2D eigenvalue weighted by atomic mass is 19.3. The standard InChI is InChI=1S/C9H9F4N3O/c10-8(11)9(12,13)4-16-7(17)5-3-15-2-1-6(5)14/h1-3,8H,4H2,(H2,14,15)(H,16,17). The molecule has 0 aliphatic heterocycles. The Morgan fingerprint density at radius 1 is 1.53 bits per heavy atom. The molecule has 1 aromatic rings. The molecular weight excluding hydrogens is 242 g/mol. The number of aromatic nitrogens is 1. The van der Waals surface area contributed by atoms with E-state index in [1.54, 1.807) is 5.32 Å². The zero-order valence-corrected chi connectivity index (χ0v) is 8.46. The largest absolute Gasteiger partial charge is 0.398 e. The van der Waals surface area contributed by atoms with E-state index in [-0.39, 0.29) is 11.3 Å². The van der Waals surface area contributed by atoms with Gasteiger partial charge in [0.05, 0.1) is 12.1 Å². The number of hydrogen-bond donors (Lipinski definition) is 2. The van der Waals surface area contributed by atoms with Crippen molar-refractivity contribution in [3.63, 3.8) is 0 Å². The minimum absolute atomic E-state index is 0.0258. The van der Waals surface area contributed by atoms with Gasteiger partial charge in [-0.3, -0.25) is 9.78 Å². The maximum Gasteiger partial charge on any atom is 0.324 e. The second-order valence-electron chi connectivity index (χ2n) is 3.21.